The Kier molecular flexibility index (Phi) is 17.8. The molecule has 5 heteroatoms. The second kappa shape index (κ2) is 22.0. The van der Waals surface area contributed by atoms with E-state index < -0.39 is 0 Å². The second-order valence-corrected chi connectivity index (χ2v) is 12.5. The first kappa shape index (κ1) is 34.9. The summed E-state index contributed by atoms with van der Waals surface area (Å²) in [6, 6.07) is 18.2. The third-order valence-electron chi connectivity index (χ3n) is 8.82. The van der Waals surface area contributed by atoms with Crippen molar-refractivity contribution in [3.63, 3.8) is 0 Å². The number of aromatic nitrogens is 3. The molecule has 0 aliphatic rings. The molecule has 3 rings (SSSR count). The highest BCUT2D eigenvalue weighted by molar-refractivity contribution is 5.19. The van der Waals surface area contributed by atoms with E-state index in [-0.39, 0.29) is 11.6 Å². The minimum absolute atomic E-state index is 0.146. The van der Waals surface area contributed by atoms with Gasteiger partial charge in [-0.15, -0.1) is 0 Å². The molecule has 5 nitrogen and oxygen atoms in total. The van der Waals surface area contributed by atoms with Crippen molar-refractivity contribution < 1.29 is 0 Å². The van der Waals surface area contributed by atoms with Gasteiger partial charge >= 0.3 is 0 Å². The molecule has 0 amide bonds. The number of nitrogens with two attached hydrogens (primary N) is 1. The lowest BCUT2D eigenvalue weighted by atomic mass is 9.79. The highest BCUT2D eigenvalue weighted by atomic mass is 15.0. The number of hydrogen-bond acceptors (Lipinski definition) is 5. The van der Waals surface area contributed by atoms with Crippen LogP contribution in [-0.2, 0) is 19.3 Å². The summed E-state index contributed by atoms with van der Waals surface area (Å²) in [5.74, 6) is 0. The zero-order chi connectivity index (χ0) is 30.3. The molecule has 0 aliphatic carbocycles. The summed E-state index contributed by atoms with van der Waals surface area (Å²) in [6.45, 7) is 3.23. The lowest BCUT2D eigenvalue weighted by Gasteiger charge is -2.40. The molecule has 0 radical (unpaired) electrons. The Morgan fingerprint density at radius 3 is 1.35 bits per heavy atom. The molecule has 0 aromatic carbocycles. The Balaban J connectivity index is 1.43. The number of rotatable bonds is 25. The molecule has 3 heterocycles. The Hall–Kier alpha value is -2.63. The molecule has 1 atom stereocenters. The van der Waals surface area contributed by atoms with E-state index in [4.69, 9.17) is 15.7 Å². The van der Waals surface area contributed by atoms with Gasteiger partial charge in [-0.25, -0.2) is 0 Å². The molecule has 43 heavy (non-hydrogen) atoms. The van der Waals surface area contributed by atoms with Gasteiger partial charge < -0.3 is 11.1 Å². The van der Waals surface area contributed by atoms with Crippen LogP contribution in [-0.4, -0.2) is 33.1 Å². The van der Waals surface area contributed by atoms with E-state index in [1.165, 1.54) is 96.3 Å². The van der Waals surface area contributed by atoms with Gasteiger partial charge in [0.05, 0.1) is 0 Å². The fraction of sp³-hybridized carbons (Fsp3) is 0.605. The van der Waals surface area contributed by atoms with Crippen molar-refractivity contribution in [1.82, 2.24) is 20.3 Å². The average Bonchev–Trinajstić information content (AvgIpc) is 3.04. The minimum atomic E-state index is -0.379. The molecule has 3 aromatic heterocycles. The predicted molar refractivity (Wildman–Crippen MR) is 182 cm³/mol. The highest BCUT2D eigenvalue weighted by Gasteiger charge is 2.37. The summed E-state index contributed by atoms with van der Waals surface area (Å²) < 4.78 is 0. The van der Waals surface area contributed by atoms with Crippen molar-refractivity contribution >= 4 is 0 Å². The molecule has 0 aliphatic heterocycles. The van der Waals surface area contributed by atoms with Crippen molar-refractivity contribution in [2.45, 2.75) is 141 Å². The van der Waals surface area contributed by atoms with E-state index >= 15 is 0 Å². The third-order valence-corrected chi connectivity index (χ3v) is 8.82. The van der Waals surface area contributed by atoms with Crippen molar-refractivity contribution in [2.75, 3.05) is 6.54 Å². The van der Waals surface area contributed by atoms with E-state index in [0.29, 0.717) is 6.42 Å². The SMILES string of the molecule is CCCCCCCCCCCCCCCCCCNC(Cc1ccccn1)(Cc1ccccn1)C(N)Cc1ccccn1. The average molecular weight is 586 g/mol. The van der Waals surface area contributed by atoms with Crippen molar-refractivity contribution in [3.8, 4) is 0 Å². The fourth-order valence-electron chi connectivity index (χ4n) is 6.18. The van der Waals surface area contributed by atoms with Gasteiger partial charge in [0.15, 0.2) is 0 Å². The van der Waals surface area contributed by atoms with Crippen LogP contribution in [0.2, 0.25) is 0 Å². The zero-order valence-electron chi connectivity index (χ0n) is 27.1. The maximum absolute atomic E-state index is 7.09. The largest absolute Gasteiger partial charge is 0.326 e. The van der Waals surface area contributed by atoms with E-state index in [0.717, 1.165) is 42.9 Å². The lowest BCUT2D eigenvalue weighted by Crippen LogP contribution is -2.62. The molecule has 0 saturated heterocycles. The van der Waals surface area contributed by atoms with Gasteiger partial charge in [0, 0.05) is 66.5 Å². The van der Waals surface area contributed by atoms with Crippen LogP contribution in [0.4, 0.5) is 0 Å². The van der Waals surface area contributed by atoms with Crippen LogP contribution in [0.1, 0.15) is 127 Å². The number of nitrogens with one attached hydrogen (secondary N) is 1. The van der Waals surface area contributed by atoms with E-state index in [9.17, 15) is 0 Å². The first-order chi connectivity index (χ1) is 21.2. The second-order valence-electron chi connectivity index (χ2n) is 12.5. The fourth-order valence-corrected chi connectivity index (χ4v) is 6.18. The van der Waals surface area contributed by atoms with Gasteiger partial charge in [-0.2, -0.15) is 0 Å². The Bertz CT molecular complexity index is 1000. The molecule has 0 bridgehead atoms. The van der Waals surface area contributed by atoms with Crippen molar-refractivity contribution in [1.29, 1.82) is 0 Å². The van der Waals surface area contributed by atoms with Gasteiger partial charge in [-0.3, -0.25) is 15.0 Å². The van der Waals surface area contributed by atoms with Crippen LogP contribution < -0.4 is 11.1 Å². The quantitative estimate of drug-likeness (QED) is 0.0972. The first-order valence-electron chi connectivity index (χ1n) is 17.4. The smallest absolute Gasteiger partial charge is 0.0448 e. The van der Waals surface area contributed by atoms with E-state index in [1.54, 1.807) is 0 Å². The number of hydrogen-bond donors (Lipinski definition) is 2. The van der Waals surface area contributed by atoms with E-state index in [1.807, 2.05) is 42.9 Å². The standard InChI is InChI=1S/C38H59N5/c1-2-3-4-5-6-7-8-9-10-11-12-13-14-15-16-20-30-43-38(32-35-25-18-22-28-41-35,33-36-26-19-23-29-42-36)37(39)31-34-24-17-21-27-40-34/h17-19,21-29,37,43H,2-16,20,30-33,39H2,1H3. The minimum Gasteiger partial charge on any atom is -0.326 e. The lowest BCUT2D eigenvalue weighted by molar-refractivity contribution is 0.250. The van der Waals surface area contributed by atoms with Gasteiger partial charge in [0.2, 0.25) is 0 Å². The van der Waals surface area contributed by atoms with Crippen LogP contribution in [0.15, 0.2) is 73.2 Å². The molecule has 3 N–H and O–H groups in total. The molecule has 236 valence electrons. The van der Waals surface area contributed by atoms with Crippen molar-refractivity contribution in [2.24, 2.45) is 5.73 Å². The molecule has 0 fully saturated rings. The topological polar surface area (TPSA) is 76.7 Å². The monoisotopic (exact) mass is 585 g/mol. The predicted octanol–water partition coefficient (Wildman–Crippen LogP) is 8.82. The van der Waals surface area contributed by atoms with Gasteiger partial charge in [0.25, 0.3) is 0 Å². The molecule has 3 aromatic rings. The number of pyridine rings is 3. The summed E-state index contributed by atoms with van der Waals surface area (Å²) in [7, 11) is 0. The van der Waals surface area contributed by atoms with Gasteiger partial charge in [-0.05, 0) is 49.4 Å². The van der Waals surface area contributed by atoms with Crippen LogP contribution >= 0.6 is 0 Å². The molecule has 1 unspecified atom stereocenters. The van der Waals surface area contributed by atoms with Crippen LogP contribution in [0.3, 0.4) is 0 Å². The summed E-state index contributed by atoms with van der Waals surface area (Å²) in [5.41, 5.74) is 9.83. The Morgan fingerprint density at radius 1 is 0.558 bits per heavy atom. The summed E-state index contributed by atoms with van der Waals surface area (Å²) in [6.07, 6.45) is 29.9. The van der Waals surface area contributed by atoms with Crippen molar-refractivity contribution in [3.05, 3.63) is 90.3 Å². The van der Waals surface area contributed by atoms with Gasteiger partial charge in [-0.1, -0.05) is 121 Å². The molecule has 0 saturated carbocycles. The van der Waals surface area contributed by atoms with Crippen LogP contribution in [0.25, 0.3) is 0 Å². The zero-order valence-corrected chi connectivity index (χ0v) is 27.1. The maximum Gasteiger partial charge on any atom is 0.0448 e. The van der Waals surface area contributed by atoms with Crippen LogP contribution in [0, 0.1) is 0 Å². The Morgan fingerprint density at radius 2 is 0.953 bits per heavy atom. The molecular formula is C38H59N5. The molecule has 0 spiro atoms. The highest BCUT2D eigenvalue weighted by Crippen LogP contribution is 2.24. The maximum atomic E-state index is 7.09. The number of nitrogens with zero attached hydrogens (tertiary/aromatic N) is 3. The number of unbranched alkanes of at least 4 members (excludes halogenated alkanes) is 15. The van der Waals surface area contributed by atoms with Crippen LogP contribution in [0.5, 0.6) is 0 Å². The molecular weight excluding hydrogens is 526 g/mol. The summed E-state index contributed by atoms with van der Waals surface area (Å²) in [4.78, 5) is 14.0. The van der Waals surface area contributed by atoms with E-state index in [2.05, 4.69) is 47.6 Å². The van der Waals surface area contributed by atoms with Gasteiger partial charge in [0.1, 0.15) is 0 Å². The first-order valence-corrected chi connectivity index (χ1v) is 17.4. The summed E-state index contributed by atoms with van der Waals surface area (Å²) in [5, 5.41) is 3.97. The normalized spacial score (nSPS) is 12.4. The third kappa shape index (κ3) is 14.6. The Labute approximate surface area is 262 Å². The summed E-state index contributed by atoms with van der Waals surface area (Å²) >= 11 is 0.